The molecule has 80 valence electrons. The molecule has 0 radical (unpaired) electrons. The number of hydrogen-bond donors (Lipinski definition) is 2. The number of carbonyl (C=O) groups excluding carboxylic acids is 1. The Balaban J connectivity index is 1.77. The van der Waals surface area contributed by atoms with E-state index in [1.54, 1.807) is 0 Å². The summed E-state index contributed by atoms with van der Waals surface area (Å²) in [4.78, 5) is 10.9. The first-order valence-corrected chi connectivity index (χ1v) is 5.38. The van der Waals surface area contributed by atoms with E-state index in [4.69, 9.17) is 0 Å². The average molecular weight is 204 g/mol. The Morgan fingerprint density at radius 3 is 2.73 bits per heavy atom. The van der Waals surface area contributed by atoms with Crippen LogP contribution in [-0.4, -0.2) is 25.0 Å². The summed E-state index contributed by atoms with van der Waals surface area (Å²) in [5.41, 5.74) is 1.36. The quantitative estimate of drug-likeness (QED) is 0.761. The van der Waals surface area contributed by atoms with E-state index in [1.165, 1.54) is 5.56 Å². The largest absolute Gasteiger partial charge is 0.353 e. The lowest BCUT2D eigenvalue weighted by molar-refractivity contribution is -0.121. The van der Waals surface area contributed by atoms with E-state index in [0.29, 0.717) is 12.6 Å². The Hall–Kier alpha value is -1.35. The van der Waals surface area contributed by atoms with E-state index in [1.807, 2.05) is 6.07 Å². The minimum atomic E-state index is 0.103. The molecular formula is C12H16N2O. The smallest absolute Gasteiger partial charge is 0.234 e. The molecule has 2 N–H and O–H groups in total. The maximum atomic E-state index is 10.9. The molecule has 1 fully saturated rings. The average Bonchev–Trinajstić information content (AvgIpc) is 2.30. The van der Waals surface area contributed by atoms with Crippen molar-refractivity contribution in [3.63, 3.8) is 0 Å². The number of piperazine rings is 1. The van der Waals surface area contributed by atoms with Crippen LogP contribution in [0.4, 0.5) is 0 Å². The van der Waals surface area contributed by atoms with Crippen molar-refractivity contribution in [2.75, 3.05) is 13.1 Å². The number of benzene rings is 1. The van der Waals surface area contributed by atoms with Gasteiger partial charge in [0, 0.05) is 12.6 Å². The summed E-state index contributed by atoms with van der Waals surface area (Å²) in [5, 5.41) is 6.09. The third kappa shape index (κ3) is 3.06. The Morgan fingerprint density at radius 2 is 2.07 bits per heavy atom. The van der Waals surface area contributed by atoms with E-state index < -0.39 is 0 Å². The lowest BCUT2D eigenvalue weighted by Crippen LogP contribution is -2.51. The fraction of sp³-hybridized carbons (Fsp3) is 0.417. The second kappa shape index (κ2) is 4.94. The van der Waals surface area contributed by atoms with E-state index in [2.05, 4.69) is 34.9 Å². The summed E-state index contributed by atoms with van der Waals surface area (Å²) in [6, 6.07) is 10.9. The van der Waals surface area contributed by atoms with Gasteiger partial charge in [0.05, 0.1) is 6.54 Å². The molecule has 1 aliphatic rings. The van der Waals surface area contributed by atoms with Crippen molar-refractivity contribution in [3.8, 4) is 0 Å². The zero-order valence-corrected chi connectivity index (χ0v) is 8.70. The van der Waals surface area contributed by atoms with Gasteiger partial charge in [-0.2, -0.15) is 0 Å². The van der Waals surface area contributed by atoms with Crippen LogP contribution in [0.3, 0.4) is 0 Å². The van der Waals surface area contributed by atoms with Crippen molar-refractivity contribution < 1.29 is 4.79 Å². The number of amides is 1. The van der Waals surface area contributed by atoms with Gasteiger partial charge in [-0.05, 0) is 18.4 Å². The minimum absolute atomic E-state index is 0.103. The molecule has 1 aliphatic heterocycles. The molecule has 0 bridgehead atoms. The topological polar surface area (TPSA) is 41.1 Å². The van der Waals surface area contributed by atoms with Crippen molar-refractivity contribution >= 4 is 5.91 Å². The van der Waals surface area contributed by atoms with Crippen LogP contribution in [0.5, 0.6) is 0 Å². The molecule has 1 aromatic rings. The van der Waals surface area contributed by atoms with Gasteiger partial charge in [0.15, 0.2) is 0 Å². The monoisotopic (exact) mass is 204 g/mol. The third-order valence-corrected chi connectivity index (χ3v) is 2.72. The second-order valence-corrected chi connectivity index (χ2v) is 3.91. The Labute approximate surface area is 89.9 Å². The minimum Gasteiger partial charge on any atom is -0.353 e. The normalized spacial score (nSPS) is 21.1. The first kappa shape index (κ1) is 10.2. The standard InChI is InChI=1S/C12H16N2O/c15-12-9-13-11(8-14-12)7-6-10-4-2-1-3-5-10/h1-5,11,13H,6-9H2,(H,14,15). The molecule has 1 saturated heterocycles. The predicted molar refractivity (Wildman–Crippen MR) is 59.6 cm³/mol. The third-order valence-electron chi connectivity index (χ3n) is 2.72. The SMILES string of the molecule is O=C1CNC(CCc2ccccc2)CN1. The van der Waals surface area contributed by atoms with Gasteiger partial charge >= 0.3 is 0 Å². The molecule has 15 heavy (non-hydrogen) atoms. The zero-order chi connectivity index (χ0) is 10.5. The van der Waals surface area contributed by atoms with E-state index >= 15 is 0 Å². The molecule has 0 spiro atoms. The van der Waals surface area contributed by atoms with Crippen LogP contribution in [0, 0.1) is 0 Å². The molecule has 1 aromatic carbocycles. The van der Waals surface area contributed by atoms with Crippen molar-refractivity contribution in [2.45, 2.75) is 18.9 Å². The summed E-state index contributed by atoms with van der Waals surface area (Å²) in [6.07, 6.45) is 2.14. The van der Waals surface area contributed by atoms with Crippen molar-refractivity contribution in [2.24, 2.45) is 0 Å². The van der Waals surface area contributed by atoms with Gasteiger partial charge in [-0.15, -0.1) is 0 Å². The number of rotatable bonds is 3. The van der Waals surface area contributed by atoms with E-state index in [-0.39, 0.29) is 5.91 Å². The Bertz CT molecular complexity index is 314. The number of hydrogen-bond acceptors (Lipinski definition) is 2. The van der Waals surface area contributed by atoms with Crippen LogP contribution >= 0.6 is 0 Å². The molecule has 0 saturated carbocycles. The second-order valence-electron chi connectivity index (χ2n) is 3.91. The highest BCUT2D eigenvalue weighted by Gasteiger charge is 2.16. The van der Waals surface area contributed by atoms with Gasteiger partial charge in [0.25, 0.3) is 0 Å². The van der Waals surface area contributed by atoms with Gasteiger partial charge in [0.2, 0.25) is 5.91 Å². The molecule has 3 heteroatoms. The van der Waals surface area contributed by atoms with Crippen molar-refractivity contribution in [3.05, 3.63) is 35.9 Å². The van der Waals surface area contributed by atoms with Crippen LogP contribution in [0.2, 0.25) is 0 Å². The summed E-state index contributed by atoms with van der Waals surface area (Å²) in [7, 11) is 0. The molecule has 1 amide bonds. The fourth-order valence-corrected chi connectivity index (χ4v) is 1.80. The predicted octanol–water partition coefficient (Wildman–Crippen LogP) is 0.707. The van der Waals surface area contributed by atoms with Crippen LogP contribution in [-0.2, 0) is 11.2 Å². The fourth-order valence-electron chi connectivity index (χ4n) is 1.80. The van der Waals surface area contributed by atoms with Gasteiger partial charge in [-0.1, -0.05) is 30.3 Å². The molecule has 3 nitrogen and oxygen atoms in total. The molecule has 0 aliphatic carbocycles. The summed E-state index contributed by atoms with van der Waals surface area (Å²) >= 11 is 0. The maximum absolute atomic E-state index is 10.9. The highest BCUT2D eigenvalue weighted by molar-refractivity contribution is 5.78. The first-order chi connectivity index (χ1) is 7.34. The van der Waals surface area contributed by atoms with Gasteiger partial charge in [-0.25, -0.2) is 0 Å². The summed E-state index contributed by atoms with van der Waals surface area (Å²) in [6.45, 7) is 1.21. The highest BCUT2D eigenvalue weighted by Crippen LogP contribution is 2.05. The highest BCUT2D eigenvalue weighted by atomic mass is 16.2. The molecule has 1 unspecified atom stereocenters. The Morgan fingerprint density at radius 1 is 1.27 bits per heavy atom. The summed E-state index contributed by atoms with van der Waals surface area (Å²) in [5.74, 6) is 0.103. The van der Waals surface area contributed by atoms with Crippen LogP contribution in [0.15, 0.2) is 30.3 Å². The van der Waals surface area contributed by atoms with E-state index in [9.17, 15) is 4.79 Å². The van der Waals surface area contributed by atoms with Crippen molar-refractivity contribution in [1.82, 2.24) is 10.6 Å². The maximum Gasteiger partial charge on any atom is 0.234 e. The van der Waals surface area contributed by atoms with Crippen LogP contribution in [0.25, 0.3) is 0 Å². The lowest BCUT2D eigenvalue weighted by Gasteiger charge is -2.23. The zero-order valence-electron chi connectivity index (χ0n) is 8.70. The van der Waals surface area contributed by atoms with Crippen molar-refractivity contribution in [1.29, 1.82) is 0 Å². The lowest BCUT2D eigenvalue weighted by atomic mass is 10.0. The van der Waals surface area contributed by atoms with E-state index in [0.717, 1.165) is 19.4 Å². The number of nitrogens with one attached hydrogen (secondary N) is 2. The first-order valence-electron chi connectivity index (χ1n) is 5.38. The van der Waals surface area contributed by atoms with Crippen LogP contribution in [0.1, 0.15) is 12.0 Å². The molecule has 0 aromatic heterocycles. The Kier molecular flexibility index (Phi) is 3.35. The summed E-state index contributed by atoms with van der Waals surface area (Å²) < 4.78 is 0. The number of carbonyl (C=O) groups is 1. The molecule has 2 rings (SSSR count). The van der Waals surface area contributed by atoms with Gasteiger partial charge < -0.3 is 10.6 Å². The van der Waals surface area contributed by atoms with Gasteiger partial charge in [-0.3, -0.25) is 4.79 Å². The number of aryl methyl sites for hydroxylation is 1. The molecular weight excluding hydrogens is 188 g/mol. The molecule has 1 atom stereocenters. The molecule has 1 heterocycles. The van der Waals surface area contributed by atoms with Gasteiger partial charge in [0.1, 0.15) is 0 Å². The van der Waals surface area contributed by atoms with Crippen LogP contribution < -0.4 is 10.6 Å².